The van der Waals surface area contributed by atoms with Crippen LogP contribution >= 0.6 is 23.4 Å². The molecular weight excluding hydrogens is 451 g/mol. The Hall–Kier alpha value is -2.97. The van der Waals surface area contributed by atoms with Gasteiger partial charge < -0.3 is 4.42 Å². The molecule has 2 aromatic carbocycles. The van der Waals surface area contributed by atoms with Gasteiger partial charge in [0.2, 0.25) is 0 Å². The van der Waals surface area contributed by atoms with Crippen molar-refractivity contribution in [2.24, 2.45) is 0 Å². The Labute approximate surface area is 184 Å². The van der Waals surface area contributed by atoms with Crippen LogP contribution in [0.1, 0.15) is 16.9 Å². The monoisotopic (exact) mass is 463 g/mol. The summed E-state index contributed by atoms with van der Waals surface area (Å²) in [4.78, 5) is 26.2. The smallest absolute Gasteiger partial charge is 0.416 e. The summed E-state index contributed by atoms with van der Waals surface area (Å²) in [6, 6.07) is 15.0. The lowest BCUT2D eigenvalue weighted by molar-refractivity contribution is -0.137. The van der Waals surface area contributed by atoms with E-state index in [1.54, 1.807) is 0 Å². The van der Waals surface area contributed by atoms with Crippen LogP contribution < -0.4 is 0 Å². The first-order chi connectivity index (χ1) is 14.7. The van der Waals surface area contributed by atoms with E-state index in [0.29, 0.717) is 0 Å². The molecule has 0 radical (unpaired) electrons. The van der Waals surface area contributed by atoms with E-state index >= 15 is 0 Å². The van der Waals surface area contributed by atoms with E-state index in [-0.39, 0.29) is 33.6 Å². The third-order valence-corrected chi connectivity index (χ3v) is 5.75. The molecule has 0 atom stereocenters. The number of benzene rings is 2. The third-order valence-electron chi connectivity index (χ3n) is 4.52. The SMILES string of the molecule is O=C1S/C(=C\c2ccc(-c3cc(C(F)(F)F)ccc3Cl)o2)C(=O)N1Cc1ccccc1. The van der Waals surface area contributed by atoms with Gasteiger partial charge in [0.1, 0.15) is 11.5 Å². The lowest BCUT2D eigenvalue weighted by Gasteiger charge is -2.11. The number of hydrogen-bond acceptors (Lipinski definition) is 4. The highest BCUT2D eigenvalue weighted by atomic mass is 35.5. The predicted molar refractivity (Wildman–Crippen MR) is 112 cm³/mol. The predicted octanol–water partition coefficient (Wildman–Crippen LogP) is 6.86. The second-order valence-electron chi connectivity index (χ2n) is 6.65. The number of rotatable bonds is 4. The summed E-state index contributed by atoms with van der Waals surface area (Å²) < 4.78 is 44.6. The second-order valence-corrected chi connectivity index (χ2v) is 8.05. The van der Waals surface area contributed by atoms with Crippen LogP contribution in [0.2, 0.25) is 5.02 Å². The number of furan rings is 1. The number of imide groups is 1. The molecule has 31 heavy (non-hydrogen) atoms. The van der Waals surface area contributed by atoms with E-state index in [0.717, 1.165) is 40.4 Å². The quantitative estimate of drug-likeness (QED) is 0.397. The van der Waals surface area contributed by atoms with Crippen LogP contribution in [0.5, 0.6) is 0 Å². The number of halogens is 4. The van der Waals surface area contributed by atoms with Crippen molar-refractivity contribution >= 4 is 40.6 Å². The largest absolute Gasteiger partial charge is 0.457 e. The maximum Gasteiger partial charge on any atom is 0.416 e. The summed E-state index contributed by atoms with van der Waals surface area (Å²) in [5.74, 6) is -0.131. The van der Waals surface area contributed by atoms with Crippen LogP contribution in [0.15, 0.2) is 70.0 Å². The van der Waals surface area contributed by atoms with E-state index in [9.17, 15) is 22.8 Å². The molecule has 2 amide bonds. The molecule has 0 N–H and O–H groups in total. The minimum absolute atomic E-state index is 0.0772. The summed E-state index contributed by atoms with van der Waals surface area (Å²) in [6.07, 6.45) is -3.13. The van der Waals surface area contributed by atoms with Gasteiger partial charge in [-0.2, -0.15) is 13.2 Å². The normalized spacial score (nSPS) is 15.9. The fourth-order valence-electron chi connectivity index (χ4n) is 3.00. The van der Waals surface area contributed by atoms with Gasteiger partial charge in [0.15, 0.2) is 0 Å². The van der Waals surface area contributed by atoms with Crippen molar-refractivity contribution in [3.63, 3.8) is 0 Å². The number of amides is 2. The fraction of sp³-hybridized carbons (Fsp3) is 0.0909. The van der Waals surface area contributed by atoms with Gasteiger partial charge in [-0.25, -0.2) is 0 Å². The summed E-state index contributed by atoms with van der Waals surface area (Å²) in [5, 5.41) is -0.315. The number of hydrogen-bond donors (Lipinski definition) is 0. The first-order valence-electron chi connectivity index (χ1n) is 8.98. The van der Waals surface area contributed by atoms with Crippen molar-refractivity contribution in [3.8, 4) is 11.3 Å². The number of thioether (sulfide) groups is 1. The van der Waals surface area contributed by atoms with Gasteiger partial charge in [-0.3, -0.25) is 14.5 Å². The molecule has 1 aromatic heterocycles. The molecule has 9 heteroatoms. The van der Waals surface area contributed by atoms with Crippen LogP contribution in [-0.2, 0) is 17.5 Å². The van der Waals surface area contributed by atoms with Crippen molar-refractivity contribution < 1.29 is 27.2 Å². The molecule has 0 saturated carbocycles. The molecule has 1 fully saturated rings. The summed E-state index contributed by atoms with van der Waals surface area (Å²) in [7, 11) is 0. The van der Waals surface area contributed by atoms with E-state index in [1.165, 1.54) is 18.2 Å². The van der Waals surface area contributed by atoms with Gasteiger partial charge >= 0.3 is 6.18 Å². The van der Waals surface area contributed by atoms with Crippen LogP contribution in [0.3, 0.4) is 0 Å². The topological polar surface area (TPSA) is 50.5 Å². The molecule has 158 valence electrons. The highest BCUT2D eigenvalue weighted by Crippen LogP contribution is 2.38. The van der Waals surface area contributed by atoms with Crippen molar-refractivity contribution in [3.05, 3.63) is 87.5 Å². The van der Waals surface area contributed by atoms with Crippen molar-refractivity contribution in [2.75, 3.05) is 0 Å². The van der Waals surface area contributed by atoms with Crippen LogP contribution in [-0.4, -0.2) is 16.0 Å². The molecule has 0 spiro atoms. The number of alkyl halides is 3. The second kappa shape index (κ2) is 8.28. The number of nitrogens with zero attached hydrogens (tertiary/aromatic N) is 1. The molecule has 4 rings (SSSR count). The lowest BCUT2D eigenvalue weighted by atomic mass is 10.1. The molecule has 1 aliphatic heterocycles. The molecule has 1 aliphatic rings. The Kier molecular flexibility index (Phi) is 5.68. The Balaban J connectivity index is 1.58. The molecule has 4 nitrogen and oxygen atoms in total. The third kappa shape index (κ3) is 4.55. The Morgan fingerprint density at radius 3 is 2.48 bits per heavy atom. The zero-order chi connectivity index (χ0) is 22.2. The van der Waals surface area contributed by atoms with Gasteiger partial charge in [0.05, 0.1) is 22.0 Å². The average molecular weight is 464 g/mol. The zero-order valence-corrected chi connectivity index (χ0v) is 17.2. The molecule has 2 heterocycles. The van der Waals surface area contributed by atoms with Gasteiger partial charge in [-0.1, -0.05) is 41.9 Å². The molecule has 1 saturated heterocycles. The number of carbonyl (C=O) groups is 2. The highest BCUT2D eigenvalue weighted by molar-refractivity contribution is 8.18. The molecular formula is C22H13ClF3NO3S. The van der Waals surface area contributed by atoms with Gasteiger partial charge in [-0.05, 0) is 47.7 Å². The van der Waals surface area contributed by atoms with Crippen molar-refractivity contribution in [1.29, 1.82) is 0 Å². The van der Waals surface area contributed by atoms with Gasteiger partial charge in [-0.15, -0.1) is 0 Å². The summed E-state index contributed by atoms with van der Waals surface area (Å²) in [6.45, 7) is 0.145. The van der Waals surface area contributed by atoms with E-state index in [1.807, 2.05) is 30.3 Å². The minimum Gasteiger partial charge on any atom is -0.457 e. The summed E-state index contributed by atoms with van der Waals surface area (Å²) >= 11 is 6.82. The van der Waals surface area contributed by atoms with Gasteiger partial charge in [0, 0.05) is 11.6 Å². The van der Waals surface area contributed by atoms with E-state index in [4.69, 9.17) is 16.0 Å². The minimum atomic E-state index is -4.52. The molecule has 0 unspecified atom stereocenters. The van der Waals surface area contributed by atoms with E-state index < -0.39 is 22.9 Å². The van der Waals surface area contributed by atoms with Crippen LogP contribution in [0.4, 0.5) is 18.0 Å². The summed E-state index contributed by atoms with van der Waals surface area (Å²) in [5.41, 5.74) is 0.0331. The molecule has 0 bridgehead atoms. The fourth-order valence-corrected chi connectivity index (χ4v) is 4.03. The zero-order valence-electron chi connectivity index (χ0n) is 15.7. The average Bonchev–Trinajstić information content (AvgIpc) is 3.28. The Morgan fingerprint density at radius 2 is 1.77 bits per heavy atom. The Bertz CT molecular complexity index is 1190. The first-order valence-corrected chi connectivity index (χ1v) is 10.2. The van der Waals surface area contributed by atoms with Crippen LogP contribution in [0, 0.1) is 0 Å². The van der Waals surface area contributed by atoms with E-state index in [2.05, 4.69) is 0 Å². The van der Waals surface area contributed by atoms with Crippen LogP contribution in [0.25, 0.3) is 17.4 Å². The Morgan fingerprint density at radius 1 is 1.03 bits per heavy atom. The maximum absolute atomic E-state index is 13.0. The highest BCUT2D eigenvalue weighted by Gasteiger charge is 2.35. The van der Waals surface area contributed by atoms with Gasteiger partial charge in [0.25, 0.3) is 11.1 Å². The number of carbonyl (C=O) groups excluding carboxylic acids is 2. The standard InChI is InChI=1S/C22H13ClF3NO3S/c23-17-8-6-14(22(24,25)26)10-16(17)18-9-7-15(30-18)11-19-20(28)27(21(29)31-19)12-13-4-2-1-3-5-13/h1-11H,12H2/b19-11-. The van der Waals surface area contributed by atoms with Crippen molar-refractivity contribution in [2.45, 2.75) is 12.7 Å². The maximum atomic E-state index is 13.0. The molecule has 0 aliphatic carbocycles. The first kappa shape index (κ1) is 21.3. The lowest BCUT2D eigenvalue weighted by Crippen LogP contribution is -2.27. The molecule has 3 aromatic rings. The van der Waals surface area contributed by atoms with Crippen molar-refractivity contribution in [1.82, 2.24) is 4.90 Å².